The van der Waals surface area contributed by atoms with Crippen molar-refractivity contribution in [3.05, 3.63) is 60.2 Å². The number of hydrogen-bond donors (Lipinski definition) is 0. The number of aryl methyl sites for hydroxylation is 1. The largest absolute Gasteiger partial charge is 0.352 e. The van der Waals surface area contributed by atoms with E-state index < -0.39 is 12.2 Å². The zero-order valence-electron chi connectivity index (χ0n) is 14.4. The van der Waals surface area contributed by atoms with Gasteiger partial charge in [-0.3, -0.25) is 0 Å². The van der Waals surface area contributed by atoms with Crippen LogP contribution in [-0.4, -0.2) is 26.6 Å². The fourth-order valence-corrected chi connectivity index (χ4v) is 3.09. The van der Waals surface area contributed by atoms with E-state index in [1.54, 1.807) is 12.1 Å². The summed E-state index contributed by atoms with van der Waals surface area (Å²) in [5, 5.41) is 0.734. The van der Waals surface area contributed by atoms with E-state index >= 15 is 0 Å². The summed E-state index contributed by atoms with van der Waals surface area (Å²) < 4.78 is 28.4. The molecular weight excluding hydrogens is 336 g/mol. The number of anilines is 1. The number of aromatic nitrogens is 4. The molecule has 0 saturated carbocycles. The number of para-hydroxylation sites is 3. The van der Waals surface area contributed by atoms with Crippen LogP contribution in [0.4, 0.5) is 14.6 Å². The molecule has 132 valence electrons. The summed E-state index contributed by atoms with van der Waals surface area (Å²) in [6.07, 6.45) is -2.72. The van der Waals surface area contributed by atoms with Gasteiger partial charge in [0.25, 0.3) is 6.43 Å². The normalized spacial score (nSPS) is 11.6. The lowest BCUT2D eigenvalue weighted by Gasteiger charge is -2.20. The highest BCUT2D eigenvalue weighted by atomic mass is 19.3. The molecule has 0 amide bonds. The van der Waals surface area contributed by atoms with Crippen molar-refractivity contribution in [1.29, 1.82) is 0 Å². The van der Waals surface area contributed by atoms with Crippen LogP contribution >= 0.6 is 0 Å². The SMILES string of the molecule is CN(Cc1nc2ccccc2n1C)c1nc(C(F)F)nc2ccccc12. The van der Waals surface area contributed by atoms with E-state index in [1.165, 1.54) is 0 Å². The second-order valence-electron chi connectivity index (χ2n) is 6.16. The molecule has 5 nitrogen and oxygen atoms in total. The van der Waals surface area contributed by atoms with Crippen LogP contribution in [0.15, 0.2) is 48.5 Å². The smallest absolute Gasteiger partial charge is 0.297 e. The molecule has 7 heteroatoms. The van der Waals surface area contributed by atoms with Crippen LogP contribution in [0.3, 0.4) is 0 Å². The Labute approximate surface area is 148 Å². The topological polar surface area (TPSA) is 46.8 Å². The van der Waals surface area contributed by atoms with Gasteiger partial charge in [0.05, 0.1) is 23.1 Å². The average Bonchev–Trinajstić information content (AvgIpc) is 2.96. The minimum absolute atomic E-state index is 0.439. The summed E-state index contributed by atoms with van der Waals surface area (Å²) >= 11 is 0. The van der Waals surface area contributed by atoms with Crippen LogP contribution in [0.1, 0.15) is 18.1 Å². The van der Waals surface area contributed by atoms with Crippen molar-refractivity contribution in [2.24, 2.45) is 7.05 Å². The number of benzene rings is 2. The first-order valence-electron chi connectivity index (χ1n) is 8.21. The van der Waals surface area contributed by atoms with Gasteiger partial charge in [-0.2, -0.15) is 0 Å². The van der Waals surface area contributed by atoms with Crippen LogP contribution < -0.4 is 4.90 Å². The average molecular weight is 353 g/mol. The summed E-state index contributed by atoms with van der Waals surface area (Å²) in [7, 11) is 3.77. The standard InChI is InChI=1S/C19H17F2N5/c1-25(11-16-22-14-9-5-6-10-15(14)26(16)2)19-12-7-3-4-8-13(12)23-18(24-19)17(20)21/h3-10,17H,11H2,1-2H3. The van der Waals surface area contributed by atoms with E-state index in [0.717, 1.165) is 22.2 Å². The van der Waals surface area contributed by atoms with Crippen LogP contribution in [0.25, 0.3) is 21.9 Å². The highest BCUT2D eigenvalue weighted by Crippen LogP contribution is 2.27. The van der Waals surface area contributed by atoms with Crippen LogP contribution in [0.5, 0.6) is 0 Å². The third kappa shape index (κ3) is 2.75. The van der Waals surface area contributed by atoms with Gasteiger partial charge in [0.15, 0.2) is 5.82 Å². The fourth-order valence-electron chi connectivity index (χ4n) is 3.09. The Balaban J connectivity index is 1.77. The summed E-state index contributed by atoms with van der Waals surface area (Å²) in [6.45, 7) is 0.439. The van der Waals surface area contributed by atoms with E-state index in [-0.39, 0.29) is 0 Å². The molecule has 2 heterocycles. The van der Waals surface area contributed by atoms with Gasteiger partial charge in [-0.05, 0) is 24.3 Å². The number of imidazole rings is 1. The van der Waals surface area contributed by atoms with E-state index in [9.17, 15) is 8.78 Å². The zero-order valence-corrected chi connectivity index (χ0v) is 14.4. The van der Waals surface area contributed by atoms with Crippen molar-refractivity contribution < 1.29 is 8.78 Å². The molecule has 0 bridgehead atoms. The molecule has 26 heavy (non-hydrogen) atoms. The van der Waals surface area contributed by atoms with Gasteiger partial charge in [0, 0.05) is 19.5 Å². The van der Waals surface area contributed by atoms with Crippen molar-refractivity contribution in [3.63, 3.8) is 0 Å². The molecule has 0 atom stereocenters. The number of nitrogens with zero attached hydrogens (tertiary/aromatic N) is 5. The maximum absolute atomic E-state index is 13.2. The first kappa shape index (κ1) is 16.4. The highest BCUT2D eigenvalue weighted by molar-refractivity contribution is 5.89. The summed E-state index contributed by atoms with van der Waals surface area (Å²) in [5.74, 6) is 0.837. The lowest BCUT2D eigenvalue weighted by molar-refractivity contribution is 0.141. The molecule has 4 rings (SSSR count). The second kappa shape index (κ2) is 6.33. The third-order valence-corrected chi connectivity index (χ3v) is 4.42. The van der Waals surface area contributed by atoms with Gasteiger partial charge >= 0.3 is 0 Å². The van der Waals surface area contributed by atoms with Gasteiger partial charge in [0.1, 0.15) is 11.6 Å². The molecular formula is C19H17F2N5. The molecule has 0 fully saturated rings. The van der Waals surface area contributed by atoms with E-state index in [2.05, 4.69) is 15.0 Å². The summed E-state index contributed by atoms with van der Waals surface area (Å²) in [5.41, 5.74) is 2.43. The van der Waals surface area contributed by atoms with E-state index in [1.807, 2.05) is 60.0 Å². The van der Waals surface area contributed by atoms with Crippen LogP contribution in [0, 0.1) is 0 Å². The second-order valence-corrected chi connectivity index (χ2v) is 6.16. The molecule has 0 spiro atoms. The van der Waals surface area contributed by atoms with Crippen LogP contribution in [0.2, 0.25) is 0 Å². The van der Waals surface area contributed by atoms with E-state index in [4.69, 9.17) is 0 Å². The molecule has 0 N–H and O–H groups in total. The molecule has 4 aromatic rings. The number of alkyl halides is 2. The van der Waals surface area contributed by atoms with Gasteiger partial charge in [-0.1, -0.05) is 24.3 Å². The Kier molecular flexibility index (Phi) is 3.99. The van der Waals surface area contributed by atoms with Crippen molar-refractivity contribution in [3.8, 4) is 0 Å². The number of fused-ring (bicyclic) bond motifs is 2. The monoisotopic (exact) mass is 353 g/mol. The van der Waals surface area contributed by atoms with Crippen molar-refractivity contribution in [1.82, 2.24) is 19.5 Å². The molecule has 0 saturated heterocycles. The predicted molar refractivity (Wildman–Crippen MR) is 97.3 cm³/mol. The molecule has 0 aliphatic heterocycles. The summed E-state index contributed by atoms with van der Waals surface area (Å²) in [6, 6.07) is 15.0. The maximum atomic E-state index is 13.2. The molecule has 0 aliphatic rings. The van der Waals surface area contributed by atoms with Crippen molar-refractivity contribution in [2.45, 2.75) is 13.0 Å². The zero-order chi connectivity index (χ0) is 18.3. The lowest BCUT2D eigenvalue weighted by atomic mass is 10.2. The van der Waals surface area contributed by atoms with Gasteiger partial charge in [-0.15, -0.1) is 0 Å². The van der Waals surface area contributed by atoms with Crippen molar-refractivity contribution in [2.75, 3.05) is 11.9 Å². The number of halogens is 2. The quantitative estimate of drug-likeness (QED) is 0.554. The predicted octanol–water partition coefficient (Wildman–Crippen LogP) is 4.09. The van der Waals surface area contributed by atoms with Gasteiger partial charge < -0.3 is 9.47 Å². The Morgan fingerprint density at radius 2 is 1.65 bits per heavy atom. The Morgan fingerprint density at radius 3 is 2.38 bits per heavy atom. The molecule has 2 aromatic carbocycles. The van der Waals surface area contributed by atoms with Crippen molar-refractivity contribution >= 4 is 27.8 Å². The Morgan fingerprint density at radius 1 is 0.962 bits per heavy atom. The molecule has 0 radical (unpaired) electrons. The highest BCUT2D eigenvalue weighted by Gasteiger charge is 2.18. The third-order valence-electron chi connectivity index (χ3n) is 4.42. The number of rotatable bonds is 4. The van der Waals surface area contributed by atoms with Gasteiger partial charge in [-0.25, -0.2) is 23.7 Å². The molecule has 0 aliphatic carbocycles. The number of hydrogen-bond acceptors (Lipinski definition) is 4. The van der Waals surface area contributed by atoms with Gasteiger partial charge in [0.2, 0.25) is 0 Å². The minimum atomic E-state index is -2.72. The van der Waals surface area contributed by atoms with E-state index in [0.29, 0.717) is 17.9 Å². The Bertz CT molecular complexity index is 1090. The Hall–Kier alpha value is -3.09. The van der Waals surface area contributed by atoms with Crippen LogP contribution in [-0.2, 0) is 13.6 Å². The molecule has 2 aromatic heterocycles. The fraction of sp³-hybridized carbons (Fsp3) is 0.211. The molecule has 0 unspecified atom stereocenters. The minimum Gasteiger partial charge on any atom is -0.352 e. The first-order chi connectivity index (χ1) is 12.5. The maximum Gasteiger partial charge on any atom is 0.297 e. The lowest BCUT2D eigenvalue weighted by Crippen LogP contribution is -2.21. The first-order valence-corrected chi connectivity index (χ1v) is 8.21. The summed E-state index contributed by atoms with van der Waals surface area (Å²) in [4.78, 5) is 14.6.